The van der Waals surface area contributed by atoms with Crippen molar-refractivity contribution in [3.8, 4) is 16.9 Å². The fourth-order valence-electron chi connectivity index (χ4n) is 3.25. The average molecular weight is 325 g/mol. The molecule has 0 aliphatic carbocycles. The highest BCUT2D eigenvalue weighted by atomic mass is 16.5. The summed E-state index contributed by atoms with van der Waals surface area (Å²) in [6.45, 7) is 13.0. The second kappa shape index (κ2) is 8.37. The first-order valence-electron chi connectivity index (χ1n) is 9.30. The van der Waals surface area contributed by atoms with Crippen molar-refractivity contribution in [1.29, 1.82) is 0 Å². The Morgan fingerprint density at radius 1 is 0.917 bits per heavy atom. The van der Waals surface area contributed by atoms with Gasteiger partial charge in [-0.1, -0.05) is 49.6 Å². The molecule has 2 aromatic rings. The number of aryl methyl sites for hydroxylation is 4. The van der Waals surface area contributed by atoms with Gasteiger partial charge in [0.1, 0.15) is 5.75 Å². The number of hydrogen-bond donors (Lipinski definition) is 0. The first-order valence-corrected chi connectivity index (χ1v) is 9.30. The summed E-state index contributed by atoms with van der Waals surface area (Å²) in [4.78, 5) is 0. The van der Waals surface area contributed by atoms with Crippen LogP contribution in [0.2, 0.25) is 0 Å². The zero-order valence-corrected chi connectivity index (χ0v) is 16.2. The van der Waals surface area contributed by atoms with Crippen molar-refractivity contribution in [2.45, 2.75) is 73.3 Å². The van der Waals surface area contributed by atoms with Gasteiger partial charge < -0.3 is 4.74 Å². The van der Waals surface area contributed by atoms with E-state index in [2.05, 4.69) is 71.9 Å². The molecule has 0 aromatic heterocycles. The monoisotopic (exact) mass is 324 g/mol. The van der Waals surface area contributed by atoms with Gasteiger partial charge in [-0.3, -0.25) is 0 Å². The highest BCUT2D eigenvalue weighted by Gasteiger charge is 2.15. The molecule has 0 saturated carbocycles. The van der Waals surface area contributed by atoms with E-state index in [1.165, 1.54) is 52.6 Å². The summed E-state index contributed by atoms with van der Waals surface area (Å²) in [5.41, 5.74) is 7.85. The molecular weight excluding hydrogens is 292 g/mol. The smallest absolute Gasteiger partial charge is 0.128 e. The predicted octanol–water partition coefficient (Wildman–Crippen LogP) is 6.80. The summed E-state index contributed by atoms with van der Waals surface area (Å²) in [7, 11) is 0. The molecule has 0 amide bonds. The minimum Gasteiger partial charge on any atom is -0.490 e. The number of benzene rings is 2. The van der Waals surface area contributed by atoms with E-state index in [1.807, 2.05) is 0 Å². The van der Waals surface area contributed by atoms with Gasteiger partial charge in [0.15, 0.2) is 0 Å². The number of unbranched alkanes of at least 4 members (excludes halogenated alkanes) is 2. The molecule has 2 rings (SSSR count). The van der Waals surface area contributed by atoms with E-state index in [9.17, 15) is 0 Å². The average Bonchev–Trinajstić information content (AvgIpc) is 2.50. The lowest BCUT2D eigenvalue weighted by Gasteiger charge is -2.20. The number of ether oxygens (including phenoxy) is 1. The number of hydrogen-bond acceptors (Lipinski definition) is 1. The first kappa shape index (κ1) is 18.6. The molecule has 0 spiro atoms. The topological polar surface area (TPSA) is 9.23 Å². The third-order valence-electron chi connectivity index (χ3n) is 4.45. The fraction of sp³-hybridized carbons (Fsp3) is 0.478. The van der Waals surface area contributed by atoms with Crippen LogP contribution >= 0.6 is 0 Å². The lowest BCUT2D eigenvalue weighted by molar-refractivity contribution is 0.243. The third kappa shape index (κ3) is 4.63. The quantitative estimate of drug-likeness (QED) is 0.509. The molecule has 0 N–H and O–H groups in total. The van der Waals surface area contributed by atoms with Crippen LogP contribution in [0.5, 0.6) is 5.75 Å². The van der Waals surface area contributed by atoms with Crippen molar-refractivity contribution in [2.75, 3.05) is 0 Å². The van der Waals surface area contributed by atoms with Crippen LogP contribution in [-0.4, -0.2) is 6.10 Å². The van der Waals surface area contributed by atoms with Gasteiger partial charge in [0.2, 0.25) is 0 Å². The molecule has 2 aromatic carbocycles. The Morgan fingerprint density at radius 3 is 2.33 bits per heavy atom. The lowest BCUT2D eigenvalue weighted by atomic mass is 9.92. The van der Waals surface area contributed by atoms with Gasteiger partial charge in [-0.2, -0.15) is 0 Å². The largest absolute Gasteiger partial charge is 0.490 e. The highest BCUT2D eigenvalue weighted by molar-refractivity contribution is 5.77. The van der Waals surface area contributed by atoms with Crippen molar-refractivity contribution in [1.82, 2.24) is 0 Å². The lowest BCUT2D eigenvalue weighted by Crippen LogP contribution is -2.08. The van der Waals surface area contributed by atoms with E-state index < -0.39 is 0 Å². The van der Waals surface area contributed by atoms with Crippen LogP contribution in [0.3, 0.4) is 0 Å². The molecule has 0 saturated heterocycles. The maximum atomic E-state index is 6.22. The Bertz CT molecular complexity index is 683. The summed E-state index contributed by atoms with van der Waals surface area (Å²) in [5.74, 6) is 1.03. The summed E-state index contributed by atoms with van der Waals surface area (Å²) in [6.07, 6.45) is 5.11. The van der Waals surface area contributed by atoms with E-state index in [4.69, 9.17) is 4.74 Å². The van der Waals surface area contributed by atoms with E-state index in [0.29, 0.717) is 0 Å². The van der Waals surface area contributed by atoms with Gasteiger partial charge in [0.05, 0.1) is 6.10 Å². The molecule has 0 atom stereocenters. The maximum Gasteiger partial charge on any atom is 0.128 e. The summed E-state index contributed by atoms with van der Waals surface area (Å²) >= 11 is 0. The zero-order valence-electron chi connectivity index (χ0n) is 16.2. The Hall–Kier alpha value is -1.76. The molecule has 24 heavy (non-hydrogen) atoms. The van der Waals surface area contributed by atoms with Crippen molar-refractivity contribution in [2.24, 2.45) is 0 Å². The van der Waals surface area contributed by atoms with Crippen LogP contribution in [-0.2, 0) is 6.42 Å². The normalized spacial score (nSPS) is 11.1. The Morgan fingerprint density at radius 2 is 1.67 bits per heavy atom. The van der Waals surface area contributed by atoms with Crippen LogP contribution in [0.1, 0.15) is 62.3 Å². The molecule has 0 bridgehead atoms. The van der Waals surface area contributed by atoms with Crippen molar-refractivity contribution < 1.29 is 4.74 Å². The van der Waals surface area contributed by atoms with Crippen LogP contribution in [0.25, 0.3) is 11.1 Å². The molecular formula is C23H32O. The second-order valence-corrected chi connectivity index (χ2v) is 7.23. The maximum absolute atomic E-state index is 6.22. The SMILES string of the molecule is CCCCCc1cc(C)c(-c2cc(C)ccc2C)c(OC(C)C)c1. The molecule has 130 valence electrons. The first-order chi connectivity index (χ1) is 11.4. The minimum atomic E-state index is 0.180. The van der Waals surface area contributed by atoms with E-state index in [1.54, 1.807) is 0 Å². The predicted molar refractivity (Wildman–Crippen MR) is 105 cm³/mol. The van der Waals surface area contributed by atoms with Gasteiger partial charge in [-0.15, -0.1) is 0 Å². The molecule has 1 heteroatoms. The van der Waals surface area contributed by atoms with Crippen LogP contribution in [0, 0.1) is 20.8 Å². The van der Waals surface area contributed by atoms with Gasteiger partial charge in [0, 0.05) is 5.56 Å². The summed E-state index contributed by atoms with van der Waals surface area (Å²) in [6, 6.07) is 11.3. The molecule has 0 heterocycles. The van der Waals surface area contributed by atoms with E-state index in [-0.39, 0.29) is 6.10 Å². The fourth-order valence-corrected chi connectivity index (χ4v) is 3.25. The minimum absolute atomic E-state index is 0.180. The van der Waals surface area contributed by atoms with Gasteiger partial charge in [0.25, 0.3) is 0 Å². The van der Waals surface area contributed by atoms with Crippen molar-refractivity contribution in [3.05, 3.63) is 52.6 Å². The molecule has 0 unspecified atom stereocenters. The van der Waals surface area contributed by atoms with Gasteiger partial charge in [-0.05, 0) is 75.8 Å². The molecule has 0 aliphatic heterocycles. The molecule has 0 radical (unpaired) electrons. The Balaban J connectivity index is 2.50. The van der Waals surface area contributed by atoms with E-state index in [0.717, 1.165) is 12.2 Å². The van der Waals surface area contributed by atoms with Crippen molar-refractivity contribution >= 4 is 0 Å². The standard InChI is InChI=1S/C23H32O/c1-7-8-9-10-20-14-19(6)23(22(15-20)24-16(2)3)21-13-17(4)11-12-18(21)5/h11-16H,7-10H2,1-6H3. The van der Waals surface area contributed by atoms with Gasteiger partial charge in [-0.25, -0.2) is 0 Å². The Labute approximate surface area is 148 Å². The van der Waals surface area contributed by atoms with Crippen LogP contribution in [0.15, 0.2) is 30.3 Å². The second-order valence-electron chi connectivity index (χ2n) is 7.23. The zero-order chi connectivity index (χ0) is 17.7. The number of rotatable bonds is 7. The highest BCUT2D eigenvalue weighted by Crippen LogP contribution is 2.37. The summed E-state index contributed by atoms with van der Waals surface area (Å²) < 4.78 is 6.22. The van der Waals surface area contributed by atoms with Crippen LogP contribution < -0.4 is 4.74 Å². The van der Waals surface area contributed by atoms with E-state index >= 15 is 0 Å². The molecule has 1 nitrogen and oxygen atoms in total. The molecule has 0 aliphatic rings. The van der Waals surface area contributed by atoms with Crippen LogP contribution in [0.4, 0.5) is 0 Å². The third-order valence-corrected chi connectivity index (χ3v) is 4.45. The summed E-state index contributed by atoms with van der Waals surface area (Å²) in [5, 5.41) is 0. The Kier molecular flexibility index (Phi) is 6.48. The van der Waals surface area contributed by atoms with Crippen molar-refractivity contribution in [3.63, 3.8) is 0 Å². The molecule has 0 fully saturated rings. The van der Waals surface area contributed by atoms with Gasteiger partial charge >= 0.3 is 0 Å².